The summed E-state index contributed by atoms with van der Waals surface area (Å²) < 4.78 is 17.1. The van der Waals surface area contributed by atoms with Crippen molar-refractivity contribution in [2.75, 3.05) is 18.1 Å². The number of para-hydroxylation sites is 2. The van der Waals surface area contributed by atoms with Crippen LogP contribution in [0.2, 0.25) is 0 Å². The fraction of sp³-hybridized carbons (Fsp3) is 0.217. The first-order valence-electron chi connectivity index (χ1n) is 10.00. The number of nitrogens with one attached hydrogen (secondary N) is 2. The molecule has 0 atom stereocenters. The molecule has 0 saturated carbocycles. The van der Waals surface area contributed by atoms with Crippen molar-refractivity contribution in [2.45, 2.75) is 11.2 Å². The quantitative estimate of drug-likeness (QED) is 0.478. The number of carbonyl (C=O) groups is 2. The lowest BCUT2D eigenvalue weighted by Crippen LogP contribution is -2.43. The molecule has 2 amide bonds. The Morgan fingerprint density at radius 1 is 0.906 bits per heavy atom. The van der Waals surface area contributed by atoms with Crippen molar-refractivity contribution >= 4 is 35.3 Å². The molecule has 1 fully saturated rings. The Bertz CT molecular complexity index is 1050. The number of benzene rings is 2. The van der Waals surface area contributed by atoms with Crippen molar-refractivity contribution in [1.29, 1.82) is 0 Å². The highest BCUT2D eigenvalue weighted by molar-refractivity contribution is 8.19. The number of ether oxygens (including phenoxy) is 2. The van der Waals surface area contributed by atoms with Crippen LogP contribution in [0.4, 0.5) is 0 Å². The van der Waals surface area contributed by atoms with Crippen LogP contribution < -0.4 is 20.3 Å². The minimum absolute atomic E-state index is 0.0681. The highest BCUT2D eigenvalue weighted by atomic mass is 32.2. The van der Waals surface area contributed by atoms with Gasteiger partial charge < -0.3 is 13.9 Å². The minimum atomic E-state index is -0.566. The van der Waals surface area contributed by atoms with Gasteiger partial charge in [-0.05, 0) is 30.3 Å². The van der Waals surface area contributed by atoms with Gasteiger partial charge in [0.15, 0.2) is 12.4 Å². The Labute approximate surface area is 194 Å². The fourth-order valence-electron chi connectivity index (χ4n) is 2.96. The number of amides is 2. The van der Waals surface area contributed by atoms with Crippen molar-refractivity contribution in [1.82, 2.24) is 10.9 Å². The van der Waals surface area contributed by atoms with Gasteiger partial charge in [-0.25, -0.2) is 0 Å². The third-order valence-corrected chi connectivity index (χ3v) is 7.55. The lowest BCUT2D eigenvalue weighted by Gasteiger charge is -2.15. The van der Waals surface area contributed by atoms with Crippen LogP contribution in [0.5, 0.6) is 11.5 Å². The van der Waals surface area contributed by atoms with Gasteiger partial charge in [0, 0.05) is 17.1 Å². The molecule has 4 rings (SSSR count). The molecule has 0 unspecified atom stereocenters. The number of hydrogen-bond donors (Lipinski definition) is 2. The molecule has 1 aliphatic heterocycles. The third-order valence-electron chi connectivity index (χ3n) is 4.48. The summed E-state index contributed by atoms with van der Waals surface area (Å²) in [5.74, 6) is 3.10. The largest absolute Gasteiger partial charge is 0.486 e. The molecule has 0 spiro atoms. The van der Waals surface area contributed by atoms with Crippen LogP contribution in [-0.2, 0) is 11.4 Å². The van der Waals surface area contributed by atoms with Crippen LogP contribution in [0.15, 0.2) is 71.1 Å². The molecule has 3 aromatic rings. The van der Waals surface area contributed by atoms with E-state index in [0.29, 0.717) is 21.8 Å². The monoisotopic (exact) mass is 470 g/mol. The Kier molecular flexibility index (Phi) is 7.63. The molecule has 32 heavy (non-hydrogen) atoms. The Hall–Kier alpha value is -3.04. The van der Waals surface area contributed by atoms with Crippen molar-refractivity contribution < 1.29 is 23.5 Å². The van der Waals surface area contributed by atoms with E-state index < -0.39 is 11.8 Å². The van der Waals surface area contributed by atoms with Crippen LogP contribution in [0.3, 0.4) is 0 Å². The summed E-state index contributed by atoms with van der Waals surface area (Å²) in [5, 5.41) is 0. The number of carbonyl (C=O) groups excluding carboxylic acids is 2. The van der Waals surface area contributed by atoms with Gasteiger partial charge in [0.05, 0.1) is 4.58 Å². The summed E-state index contributed by atoms with van der Waals surface area (Å²) in [4.78, 5) is 24.4. The SMILES string of the molecule is O=C(COc1ccccc1C1SCCS1)NNC(=O)c1ccc(COc2ccccc2)o1. The maximum atomic E-state index is 12.2. The van der Waals surface area contributed by atoms with E-state index >= 15 is 0 Å². The van der Waals surface area contributed by atoms with Crippen LogP contribution in [0.1, 0.15) is 26.5 Å². The van der Waals surface area contributed by atoms with Gasteiger partial charge in [-0.3, -0.25) is 20.4 Å². The summed E-state index contributed by atoms with van der Waals surface area (Å²) in [6.45, 7) is -0.0257. The van der Waals surface area contributed by atoms with E-state index in [1.165, 1.54) is 6.07 Å². The average Bonchev–Trinajstić information content (AvgIpc) is 3.53. The summed E-state index contributed by atoms with van der Waals surface area (Å²) >= 11 is 3.73. The van der Waals surface area contributed by atoms with Gasteiger partial charge in [-0.1, -0.05) is 36.4 Å². The predicted octanol–water partition coefficient (Wildman–Crippen LogP) is 4.18. The van der Waals surface area contributed by atoms with Crippen molar-refractivity contribution in [3.8, 4) is 11.5 Å². The Balaban J connectivity index is 1.22. The topological polar surface area (TPSA) is 89.8 Å². The van der Waals surface area contributed by atoms with Crippen molar-refractivity contribution in [2.24, 2.45) is 0 Å². The van der Waals surface area contributed by atoms with Crippen LogP contribution >= 0.6 is 23.5 Å². The second-order valence-corrected chi connectivity index (χ2v) is 9.49. The molecule has 166 valence electrons. The van der Waals surface area contributed by atoms with Gasteiger partial charge in [0.25, 0.3) is 5.91 Å². The molecular formula is C23H22N2O5S2. The van der Waals surface area contributed by atoms with Gasteiger partial charge in [0.1, 0.15) is 23.9 Å². The molecule has 2 N–H and O–H groups in total. The fourth-order valence-corrected chi connectivity index (χ4v) is 5.87. The first-order valence-corrected chi connectivity index (χ1v) is 12.1. The third kappa shape index (κ3) is 6.02. The van der Waals surface area contributed by atoms with Crippen LogP contribution in [0.25, 0.3) is 0 Å². The van der Waals surface area contributed by atoms with Crippen molar-refractivity contribution in [3.63, 3.8) is 0 Å². The zero-order chi connectivity index (χ0) is 22.2. The number of hydrazine groups is 1. The second-order valence-electron chi connectivity index (χ2n) is 6.77. The molecule has 1 aliphatic rings. The summed E-state index contributed by atoms with van der Waals surface area (Å²) in [6, 6.07) is 20.2. The predicted molar refractivity (Wildman–Crippen MR) is 125 cm³/mol. The Morgan fingerprint density at radius 3 is 2.47 bits per heavy atom. The maximum Gasteiger partial charge on any atom is 0.305 e. The zero-order valence-electron chi connectivity index (χ0n) is 17.1. The highest BCUT2D eigenvalue weighted by Crippen LogP contribution is 2.48. The smallest absolute Gasteiger partial charge is 0.305 e. The summed E-state index contributed by atoms with van der Waals surface area (Å²) in [6.07, 6.45) is 0. The molecule has 2 heterocycles. The van der Waals surface area contributed by atoms with E-state index in [0.717, 1.165) is 17.1 Å². The van der Waals surface area contributed by atoms with Crippen molar-refractivity contribution in [3.05, 3.63) is 83.8 Å². The van der Waals surface area contributed by atoms with Gasteiger partial charge in [-0.15, -0.1) is 23.5 Å². The van der Waals surface area contributed by atoms with E-state index in [4.69, 9.17) is 13.9 Å². The van der Waals surface area contributed by atoms with Gasteiger partial charge >= 0.3 is 5.91 Å². The van der Waals surface area contributed by atoms with Crippen LogP contribution in [-0.4, -0.2) is 29.9 Å². The molecule has 0 bridgehead atoms. The standard InChI is InChI=1S/C23H22N2O5S2/c26-21(15-29-19-9-5-4-8-18(19)23-31-12-13-32-23)24-25-22(27)20-11-10-17(30-20)14-28-16-6-2-1-3-7-16/h1-11,23H,12-15H2,(H,24,26)(H,25,27). The first-order chi connectivity index (χ1) is 15.7. The van der Waals surface area contributed by atoms with E-state index in [9.17, 15) is 9.59 Å². The maximum absolute atomic E-state index is 12.2. The van der Waals surface area contributed by atoms with E-state index in [1.807, 2.05) is 78.1 Å². The summed E-state index contributed by atoms with van der Waals surface area (Å²) in [7, 11) is 0. The lowest BCUT2D eigenvalue weighted by atomic mass is 10.2. The lowest BCUT2D eigenvalue weighted by molar-refractivity contribution is -0.123. The van der Waals surface area contributed by atoms with E-state index in [1.54, 1.807) is 6.07 Å². The Morgan fingerprint density at radius 2 is 1.66 bits per heavy atom. The summed E-state index contributed by atoms with van der Waals surface area (Å²) in [5.41, 5.74) is 5.74. The number of rotatable bonds is 8. The molecule has 0 aliphatic carbocycles. The minimum Gasteiger partial charge on any atom is -0.486 e. The zero-order valence-corrected chi connectivity index (χ0v) is 18.7. The van der Waals surface area contributed by atoms with Crippen LogP contribution in [0, 0.1) is 0 Å². The van der Waals surface area contributed by atoms with E-state index in [-0.39, 0.29) is 19.0 Å². The van der Waals surface area contributed by atoms with Gasteiger partial charge in [-0.2, -0.15) is 0 Å². The normalized spacial score (nSPS) is 13.5. The molecule has 0 radical (unpaired) electrons. The average molecular weight is 471 g/mol. The second kappa shape index (κ2) is 11.0. The first kappa shape index (κ1) is 22.2. The molecule has 1 saturated heterocycles. The molecule has 9 heteroatoms. The van der Waals surface area contributed by atoms with E-state index in [2.05, 4.69) is 10.9 Å². The number of thioether (sulfide) groups is 2. The highest BCUT2D eigenvalue weighted by Gasteiger charge is 2.22. The number of hydrogen-bond acceptors (Lipinski definition) is 7. The molecule has 1 aromatic heterocycles. The molecule has 2 aromatic carbocycles. The molecule has 7 nitrogen and oxygen atoms in total. The van der Waals surface area contributed by atoms with Gasteiger partial charge in [0.2, 0.25) is 0 Å². The number of furan rings is 1. The molecular weight excluding hydrogens is 448 g/mol.